The van der Waals surface area contributed by atoms with Crippen LogP contribution in [0.2, 0.25) is 0 Å². The van der Waals surface area contributed by atoms with Gasteiger partial charge in [0, 0.05) is 74.4 Å². The number of ether oxygens (including phenoxy) is 3. The topological polar surface area (TPSA) is 115 Å². The molecule has 0 unspecified atom stereocenters. The molecule has 2 saturated heterocycles. The number of alkyl halides is 1. The fourth-order valence-electron chi connectivity index (χ4n) is 6.70. The van der Waals surface area contributed by atoms with E-state index in [2.05, 4.69) is 16.8 Å². The Morgan fingerprint density at radius 3 is 2.30 bits per heavy atom. The molecule has 4 rings (SSSR count). The minimum absolute atomic E-state index is 0.00234. The van der Waals surface area contributed by atoms with Crippen LogP contribution >= 0.6 is 0 Å². The number of amides is 2. The molecule has 288 valence electrons. The van der Waals surface area contributed by atoms with E-state index in [1.165, 1.54) is 0 Å². The first-order chi connectivity index (χ1) is 25.1. The molecule has 2 aliphatic rings. The Morgan fingerprint density at radius 1 is 0.887 bits per heavy atom. The summed E-state index contributed by atoms with van der Waals surface area (Å²) in [7, 11) is 0. The third kappa shape index (κ3) is 14.1. The number of hydrogen-bond donors (Lipinski definition) is 0. The molecule has 0 N–H and O–H groups in total. The van der Waals surface area contributed by atoms with Gasteiger partial charge < -0.3 is 24.0 Å². The summed E-state index contributed by atoms with van der Waals surface area (Å²) in [5, 5.41) is 0. The van der Waals surface area contributed by atoms with Crippen molar-refractivity contribution in [2.45, 2.75) is 110 Å². The SMILES string of the molecule is CC(C)(C)OC(=O)C[C@H](CC(=O)[C@@H]1CCCN(C(=O)CCC2CCN(C(=O)OC(C)(C)C)CC2)C1)c1cncc(C#Cc2cccc(OCC[18F])c2)c1. The van der Waals surface area contributed by atoms with E-state index in [0.717, 1.165) is 25.7 Å². The quantitative estimate of drug-likeness (QED) is 0.165. The number of rotatable bonds is 12. The Labute approximate surface area is 314 Å². The molecule has 53 heavy (non-hydrogen) atoms. The summed E-state index contributed by atoms with van der Waals surface area (Å²) < 4.78 is 29.1. The number of benzene rings is 1. The minimum atomic E-state index is -0.682. The number of halogens is 1. The maximum Gasteiger partial charge on any atom is 0.410 e. The Morgan fingerprint density at radius 2 is 1.60 bits per heavy atom. The van der Waals surface area contributed by atoms with Gasteiger partial charge in [-0.1, -0.05) is 17.9 Å². The smallest absolute Gasteiger partial charge is 0.410 e. The molecule has 2 atom stereocenters. The molecule has 2 fully saturated rings. The maximum atomic E-state index is 13.9. The van der Waals surface area contributed by atoms with Gasteiger partial charge in [0.2, 0.25) is 5.91 Å². The van der Waals surface area contributed by atoms with Crippen molar-refractivity contribution < 1.29 is 37.8 Å². The van der Waals surface area contributed by atoms with Crippen LogP contribution in [-0.2, 0) is 23.9 Å². The Kier molecular flexibility index (Phi) is 14.8. The molecule has 0 bridgehead atoms. The first kappa shape index (κ1) is 41.3. The van der Waals surface area contributed by atoms with Gasteiger partial charge in [0.15, 0.2) is 0 Å². The second kappa shape index (κ2) is 19.0. The zero-order valence-electron chi connectivity index (χ0n) is 32.3. The van der Waals surface area contributed by atoms with Gasteiger partial charge in [0.25, 0.3) is 0 Å². The number of nitrogens with zero attached hydrogens (tertiary/aromatic N) is 3. The van der Waals surface area contributed by atoms with Crippen LogP contribution in [0.3, 0.4) is 0 Å². The summed E-state index contributed by atoms with van der Waals surface area (Å²) in [5.41, 5.74) is 0.794. The van der Waals surface area contributed by atoms with Crippen molar-refractivity contribution in [2.75, 3.05) is 39.5 Å². The first-order valence-corrected chi connectivity index (χ1v) is 18.8. The van der Waals surface area contributed by atoms with Gasteiger partial charge in [-0.2, -0.15) is 0 Å². The number of ketones is 1. The van der Waals surface area contributed by atoms with Crippen molar-refractivity contribution in [3.8, 4) is 17.6 Å². The number of carbonyl (C=O) groups is 4. The zero-order valence-corrected chi connectivity index (χ0v) is 32.3. The van der Waals surface area contributed by atoms with Crippen LogP contribution in [0.25, 0.3) is 0 Å². The molecule has 0 aliphatic carbocycles. The Bertz CT molecular complexity index is 1630. The van der Waals surface area contributed by atoms with Gasteiger partial charge >= 0.3 is 12.1 Å². The number of esters is 1. The number of hydrogen-bond acceptors (Lipinski definition) is 8. The van der Waals surface area contributed by atoms with Gasteiger partial charge in [-0.05, 0) is 109 Å². The van der Waals surface area contributed by atoms with Gasteiger partial charge in [-0.15, -0.1) is 0 Å². The lowest BCUT2D eigenvalue weighted by Crippen LogP contribution is -2.43. The van der Waals surface area contributed by atoms with Gasteiger partial charge in [0.1, 0.15) is 36.0 Å². The second-order valence-electron chi connectivity index (χ2n) is 16.1. The van der Waals surface area contributed by atoms with Gasteiger partial charge in [0.05, 0.1) is 6.42 Å². The van der Waals surface area contributed by atoms with Crippen molar-refractivity contribution in [1.29, 1.82) is 0 Å². The molecule has 2 amide bonds. The van der Waals surface area contributed by atoms with Crippen LogP contribution in [0.1, 0.15) is 116 Å². The van der Waals surface area contributed by atoms with Gasteiger partial charge in [-0.3, -0.25) is 19.4 Å². The number of pyridine rings is 1. The highest BCUT2D eigenvalue weighted by molar-refractivity contribution is 5.84. The molecule has 0 radical (unpaired) electrons. The first-order valence-electron chi connectivity index (χ1n) is 18.8. The molecule has 0 spiro atoms. The lowest BCUT2D eigenvalue weighted by Gasteiger charge is -2.35. The van der Waals surface area contributed by atoms with E-state index in [1.54, 1.807) is 56.3 Å². The molecule has 2 aromatic rings. The molecule has 2 aliphatic heterocycles. The minimum Gasteiger partial charge on any atom is -0.491 e. The number of piperidine rings is 2. The summed E-state index contributed by atoms with van der Waals surface area (Å²) in [4.78, 5) is 60.7. The zero-order chi connectivity index (χ0) is 38.6. The van der Waals surface area contributed by atoms with Crippen LogP contribution in [-0.4, -0.2) is 89.2 Å². The average Bonchev–Trinajstić information content (AvgIpc) is 3.11. The van der Waals surface area contributed by atoms with E-state index < -0.39 is 29.8 Å². The molecular weight excluding hydrogens is 676 g/mol. The molecule has 1 aromatic carbocycles. The summed E-state index contributed by atoms with van der Waals surface area (Å²) >= 11 is 0. The Balaban J connectivity index is 1.37. The normalized spacial score (nSPS) is 17.3. The summed E-state index contributed by atoms with van der Waals surface area (Å²) in [6.45, 7) is 12.6. The number of Topliss-reactive ketones (excluding diaryl/α,β-unsaturated/α-hetero) is 1. The van der Waals surface area contributed by atoms with Crippen molar-refractivity contribution in [3.05, 3.63) is 59.4 Å². The average molecular weight is 733 g/mol. The van der Waals surface area contributed by atoms with Crippen molar-refractivity contribution in [2.24, 2.45) is 11.8 Å². The summed E-state index contributed by atoms with van der Waals surface area (Å²) in [6, 6.07) is 8.93. The predicted octanol–water partition coefficient (Wildman–Crippen LogP) is 7.27. The van der Waals surface area contributed by atoms with E-state index in [4.69, 9.17) is 14.2 Å². The second-order valence-corrected chi connectivity index (χ2v) is 16.1. The lowest BCUT2D eigenvalue weighted by molar-refractivity contribution is -0.155. The highest BCUT2D eigenvalue weighted by atomic mass is 18.2. The van der Waals surface area contributed by atoms with Crippen LogP contribution in [0.4, 0.5) is 9.18 Å². The predicted molar refractivity (Wildman–Crippen MR) is 200 cm³/mol. The largest absolute Gasteiger partial charge is 0.491 e. The van der Waals surface area contributed by atoms with Gasteiger partial charge in [-0.25, -0.2) is 9.18 Å². The fourth-order valence-corrected chi connectivity index (χ4v) is 6.70. The standard InChI is InChI=1S/C42H56FN3O7/c1-41(2,3)52-39(49)26-34(35-23-32(27-44-28-35)13-12-31-9-7-11-36(24-31)51-22-18-43)25-37(47)33-10-8-19-46(29-33)38(48)15-14-30-16-20-45(21-17-30)40(50)53-42(4,5)6/h7,9,11,23-24,27-28,30,33-34H,8,10,14-22,25-26,29H2,1-6H3/t33-,34+/m1/s1/i43-1. The van der Waals surface area contributed by atoms with E-state index in [9.17, 15) is 23.6 Å². The maximum absolute atomic E-state index is 13.9. The van der Waals surface area contributed by atoms with Crippen LogP contribution in [0.15, 0.2) is 42.7 Å². The van der Waals surface area contributed by atoms with Crippen molar-refractivity contribution in [1.82, 2.24) is 14.8 Å². The monoisotopic (exact) mass is 732 g/mol. The molecule has 0 saturated carbocycles. The van der Waals surface area contributed by atoms with Crippen LogP contribution in [0, 0.1) is 23.7 Å². The molecule has 10 nitrogen and oxygen atoms in total. The number of aromatic nitrogens is 1. The van der Waals surface area contributed by atoms with Crippen LogP contribution in [0.5, 0.6) is 5.75 Å². The number of carbonyl (C=O) groups excluding carboxylic acids is 4. The molecule has 11 heteroatoms. The van der Waals surface area contributed by atoms with E-state index >= 15 is 0 Å². The van der Waals surface area contributed by atoms with Crippen molar-refractivity contribution in [3.63, 3.8) is 0 Å². The lowest BCUT2D eigenvalue weighted by atomic mass is 9.84. The fraction of sp³-hybridized carbons (Fsp3) is 0.595. The highest BCUT2D eigenvalue weighted by Gasteiger charge is 2.32. The third-order valence-electron chi connectivity index (χ3n) is 9.30. The van der Waals surface area contributed by atoms with Crippen LogP contribution < -0.4 is 4.74 Å². The van der Waals surface area contributed by atoms with E-state index in [0.29, 0.717) is 67.4 Å². The van der Waals surface area contributed by atoms with Crippen molar-refractivity contribution >= 4 is 23.8 Å². The highest BCUT2D eigenvalue weighted by Crippen LogP contribution is 2.30. The Hall–Kier alpha value is -4.46. The molecule has 1 aromatic heterocycles. The molecular formula is C42H56FN3O7. The van der Waals surface area contributed by atoms with E-state index in [-0.39, 0.29) is 43.2 Å². The molecule has 3 heterocycles. The third-order valence-corrected chi connectivity index (χ3v) is 9.30. The number of likely N-dealkylation sites (tertiary alicyclic amines) is 2. The summed E-state index contributed by atoms with van der Waals surface area (Å²) in [6.07, 6.45) is 7.34. The van der Waals surface area contributed by atoms with E-state index in [1.807, 2.05) is 37.8 Å². The summed E-state index contributed by atoms with van der Waals surface area (Å²) in [5.74, 6) is 5.92.